The molecule has 1 aromatic carbocycles. The predicted octanol–water partition coefficient (Wildman–Crippen LogP) is 1.45. The van der Waals surface area contributed by atoms with Crippen LogP contribution in [0.15, 0.2) is 30.3 Å². The highest BCUT2D eigenvalue weighted by molar-refractivity contribution is 5.97. The molecular formula is C13H18N2O. The van der Waals surface area contributed by atoms with Crippen LogP contribution in [0.25, 0.3) is 6.08 Å². The molecule has 0 aliphatic rings. The van der Waals surface area contributed by atoms with E-state index < -0.39 is 0 Å². The van der Waals surface area contributed by atoms with E-state index >= 15 is 0 Å². The highest BCUT2D eigenvalue weighted by Crippen LogP contribution is 2.07. The van der Waals surface area contributed by atoms with E-state index in [-0.39, 0.29) is 12.3 Å². The first-order valence-electron chi connectivity index (χ1n) is 5.42. The van der Waals surface area contributed by atoms with Crippen LogP contribution < -0.4 is 11.1 Å². The molecule has 0 aliphatic carbocycles. The van der Waals surface area contributed by atoms with Gasteiger partial charge in [-0.3, -0.25) is 4.79 Å². The summed E-state index contributed by atoms with van der Waals surface area (Å²) in [5.74, 6) is -0.0225. The highest BCUT2D eigenvalue weighted by atomic mass is 16.1. The Morgan fingerprint density at radius 3 is 2.62 bits per heavy atom. The van der Waals surface area contributed by atoms with E-state index in [1.165, 1.54) is 0 Å². The molecule has 0 saturated heterocycles. The molecule has 3 nitrogen and oxygen atoms in total. The quantitative estimate of drug-likeness (QED) is 0.561. The maximum atomic E-state index is 11.3. The van der Waals surface area contributed by atoms with E-state index in [2.05, 4.69) is 11.4 Å². The number of carbonyl (C=O) groups excluding carboxylic acids is 1. The van der Waals surface area contributed by atoms with Crippen molar-refractivity contribution < 1.29 is 4.79 Å². The van der Waals surface area contributed by atoms with Crippen molar-refractivity contribution in [2.75, 3.05) is 20.1 Å². The van der Waals surface area contributed by atoms with Gasteiger partial charge < -0.3 is 11.1 Å². The summed E-state index contributed by atoms with van der Waals surface area (Å²) in [5.41, 5.74) is 7.06. The highest BCUT2D eigenvalue weighted by Gasteiger charge is 2.01. The van der Waals surface area contributed by atoms with Gasteiger partial charge in [-0.2, -0.15) is 0 Å². The lowest BCUT2D eigenvalue weighted by atomic mass is 10.1. The van der Waals surface area contributed by atoms with Gasteiger partial charge in [-0.05, 0) is 25.6 Å². The Morgan fingerprint density at radius 1 is 1.38 bits per heavy atom. The third-order valence-electron chi connectivity index (χ3n) is 2.29. The molecule has 0 amide bonds. The van der Waals surface area contributed by atoms with Crippen LogP contribution in [0.1, 0.15) is 22.3 Å². The fraction of sp³-hybridized carbons (Fsp3) is 0.308. The lowest BCUT2D eigenvalue weighted by molar-refractivity contribution is 0.100. The second kappa shape index (κ2) is 6.93. The Hall–Kier alpha value is -1.45. The fourth-order valence-electron chi connectivity index (χ4n) is 1.35. The zero-order valence-corrected chi connectivity index (χ0v) is 9.57. The van der Waals surface area contributed by atoms with Crippen molar-refractivity contribution in [3.8, 4) is 0 Å². The molecule has 0 radical (unpaired) electrons. The summed E-state index contributed by atoms with van der Waals surface area (Å²) in [7, 11) is 1.93. The molecule has 0 unspecified atom stereocenters. The molecule has 0 aromatic heterocycles. The average Bonchev–Trinajstić information content (AvgIpc) is 2.34. The molecule has 1 rings (SSSR count). The molecule has 3 N–H and O–H groups in total. The Balaban J connectivity index is 2.57. The van der Waals surface area contributed by atoms with Crippen LogP contribution in [0.2, 0.25) is 0 Å². The van der Waals surface area contributed by atoms with E-state index in [1.54, 1.807) is 0 Å². The number of hydrogen-bond donors (Lipinski definition) is 2. The molecule has 16 heavy (non-hydrogen) atoms. The molecule has 1 aromatic rings. The lowest BCUT2D eigenvalue weighted by Crippen LogP contribution is -2.13. The molecule has 0 bridgehead atoms. The molecule has 0 spiro atoms. The summed E-state index contributed by atoms with van der Waals surface area (Å²) in [5, 5.41) is 3.08. The third-order valence-corrected chi connectivity index (χ3v) is 2.29. The Kier molecular flexibility index (Phi) is 5.46. The summed E-state index contributed by atoms with van der Waals surface area (Å²) in [6.45, 7) is 1.04. The Morgan fingerprint density at radius 2 is 2.06 bits per heavy atom. The number of ketones is 1. The lowest BCUT2D eigenvalue weighted by Gasteiger charge is -1.98. The number of benzene rings is 1. The van der Waals surface area contributed by atoms with Gasteiger partial charge in [0.05, 0.1) is 6.54 Å². The molecule has 0 aliphatic heterocycles. The largest absolute Gasteiger partial charge is 0.324 e. The number of carbonyl (C=O) groups is 1. The maximum Gasteiger partial charge on any atom is 0.176 e. The normalized spacial score (nSPS) is 10.9. The van der Waals surface area contributed by atoms with Gasteiger partial charge in [0.15, 0.2) is 5.78 Å². The van der Waals surface area contributed by atoms with Crippen molar-refractivity contribution in [1.29, 1.82) is 0 Å². The van der Waals surface area contributed by atoms with Crippen LogP contribution in [0, 0.1) is 0 Å². The number of hydrogen-bond acceptors (Lipinski definition) is 3. The van der Waals surface area contributed by atoms with Crippen LogP contribution in [0.5, 0.6) is 0 Å². The monoisotopic (exact) mass is 218 g/mol. The van der Waals surface area contributed by atoms with Gasteiger partial charge in [0.2, 0.25) is 0 Å². The third kappa shape index (κ3) is 3.96. The minimum Gasteiger partial charge on any atom is -0.324 e. The summed E-state index contributed by atoms with van der Waals surface area (Å²) in [6.07, 6.45) is 5.16. The zero-order valence-electron chi connectivity index (χ0n) is 9.57. The number of rotatable bonds is 6. The SMILES string of the molecule is CNCCC=Cc1ccc(C(=O)CN)cc1. The van der Waals surface area contributed by atoms with Crippen LogP contribution in [-0.4, -0.2) is 25.9 Å². The van der Waals surface area contributed by atoms with Crippen LogP contribution in [0.3, 0.4) is 0 Å². The van der Waals surface area contributed by atoms with Crippen LogP contribution in [-0.2, 0) is 0 Å². The maximum absolute atomic E-state index is 11.3. The second-order valence-electron chi connectivity index (χ2n) is 3.54. The van der Waals surface area contributed by atoms with Crippen molar-refractivity contribution in [2.45, 2.75) is 6.42 Å². The zero-order chi connectivity index (χ0) is 11.8. The number of Topliss-reactive ketones (excluding diaryl/α,β-unsaturated/α-hetero) is 1. The van der Waals surface area contributed by atoms with Crippen molar-refractivity contribution >= 4 is 11.9 Å². The molecule has 0 saturated carbocycles. The van der Waals surface area contributed by atoms with Gasteiger partial charge in [-0.1, -0.05) is 36.4 Å². The summed E-state index contributed by atoms with van der Waals surface area (Å²) < 4.78 is 0. The minimum atomic E-state index is -0.0225. The minimum absolute atomic E-state index is 0.0225. The Bertz CT molecular complexity index is 355. The smallest absolute Gasteiger partial charge is 0.176 e. The van der Waals surface area contributed by atoms with Crippen molar-refractivity contribution in [3.63, 3.8) is 0 Å². The molecule has 3 heteroatoms. The molecule has 0 atom stereocenters. The molecule has 86 valence electrons. The van der Waals surface area contributed by atoms with E-state index in [1.807, 2.05) is 37.4 Å². The van der Waals surface area contributed by atoms with Gasteiger partial charge in [-0.15, -0.1) is 0 Å². The molecule has 0 heterocycles. The predicted molar refractivity (Wildman–Crippen MR) is 67.4 cm³/mol. The fourth-order valence-corrected chi connectivity index (χ4v) is 1.35. The second-order valence-corrected chi connectivity index (χ2v) is 3.54. The molecule has 0 fully saturated rings. The van der Waals surface area contributed by atoms with E-state index in [0.29, 0.717) is 5.56 Å². The van der Waals surface area contributed by atoms with Crippen molar-refractivity contribution in [2.24, 2.45) is 5.73 Å². The average molecular weight is 218 g/mol. The van der Waals surface area contributed by atoms with E-state index in [4.69, 9.17) is 5.73 Å². The number of nitrogens with one attached hydrogen (secondary N) is 1. The van der Waals surface area contributed by atoms with Crippen LogP contribution in [0.4, 0.5) is 0 Å². The number of nitrogens with two attached hydrogens (primary N) is 1. The van der Waals surface area contributed by atoms with E-state index in [9.17, 15) is 4.79 Å². The van der Waals surface area contributed by atoms with Gasteiger partial charge >= 0.3 is 0 Å². The first-order valence-corrected chi connectivity index (χ1v) is 5.42. The van der Waals surface area contributed by atoms with Crippen LogP contribution >= 0.6 is 0 Å². The molecular weight excluding hydrogens is 200 g/mol. The standard InChI is InChI=1S/C13H18N2O/c1-15-9-3-2-4-11-5-7-12(8-6-11)13(16)10-14/h2,4-8,15H,3,9-10,14H2,1H3. The van der Waals surface area contributed by atoms with Crippen molar-refractivity contribution in [3.05, 3.63) is 41.5 Å². The van der Waals surface area contributed by atoms with E-state index in [0.717, 1.165) is 18.5 Å². The van der Waals surface area contributed by atoms with Gasteiger partial charge in [0.25, 0.3) is 0 Å². The first-order chi connectivity index (χ1) is 7.77. The van der Waals surface area contributed by atoms with Gasteiger partial charge in [0, 0.05) is 5.56 Å². The summed E-state index contributed by atoms with van der Waals surface area (Å²) in [4.78, 5) is 11.3. The first kappa shape index (κ1) is 12.6. The van der Waals surface area contributed by atoms with Gasteiger partial charge in [0.1, 0.15) is 0 Å². The van der Waals surface area contributed by atoms with Gasteiger partial charge in [-0.25, -0.2) is 0 Å². The topological polar surface area (TPSA) is 55.1 Å². The summed E-state index contributed by atoms with van der Waals surface area (Å²) in [6, 6.07) is 7.48. The Labute approximate surface area is 96.3 Å². The van der Waals surface area contributed by atoms with Crippen molar-refractivity contribution in [1.82, 2.24) is 5.32 Å². The summed E-state index contributed by atoms with van der Waals surface area (Å²) >= 11 is 0.